The number of hydrogen-bond donors (Lipinski definition) is 1. The Morgan fingerprint density at radius 3 is 2.80 bits per heavy atom. The van der Waals surface area contributed by atoms with Crippen LogP contribution in [0.5, 0.6) is 5.75 Å². The number of anilines is 1. The number of aromatic nitrogens is 4. The number of aliphatic hydroxyl groups excluding tert-OH is 1. The third-order valence-corrected chi connectivity index (χ3v) is 5.59. The smallest absolute Gasteiger partial charge is 0.255 e. The molecule has 3 aromatic rings. The topological polar surface area (TPSA) is 93.4 Å². The number of nitrogens with zero attached hydrogens (tertiary/aromatic N) is 5. The Bertz CT molecular complexity index is 1100. The van der Waals surface area contributed by atoms with E-state index in [0.717, 1.165) is 12.0 Å². The van der Waals surface area contributed by atoms with E-state index >= 15 is 0 Å². The van der Waals surface area contributed by atoms with Gasteiger partial charge in [0.25, 0.3) is 5.56 Å². The largest absolute Gasteiger partial charge is 0.497 e. The fourth-order valence-electron chi connectivity index (χ4n) is 3.73. The van der Waals surface area contributed by atoms with E-state index in [0.29, 0.717) is 36.2 Å². The molecule has 0 saturated carbocycles. The Hall–Kier alpha value is -3.26. The van der Waals surface area contributed by atoms with Crippen LogP contribution in [0.1, 0.15) is 31.9 Å². The van der Waals surface area contributed by atoms with Gasteiger partial charge in [0, 0.05) is 24.3 Å². The molecule has 8 heteroatoms. The highest BCUT2D eigenvalue weighted by Gasteiger charge is 2.36. The predicted molar refractivity (Wildman–Crippen MR) is 114 cm³/mol. The minimum absolute atomic E-state index is 0.134. The maximum absolute atomic E-state index is 12.8. The molecule has 3 heterocycles. The Morgan fingerprint density at radius 2 is 2.07 bits per heavy atom. The summed E-state index contributed by atoms with van der Waals surface area (Å²) < 4.78 is 6.94. The quantitative estimate of drug-likeness (QED) is 0.694. The highest BCUT2D eigenvalue weighted by molar-refractivity contribution is 5.56. The molecular weight excluding hydrogens is 382 g/mol. The van der Waals surface area contributed by atoms with Crippen LogP contribution >= 0.6 is 0 Å². The summed E-state index contributed by atoms with van der Waals surface area (Å²) in [5.41, 5.74) is 1.40. The summed E-state index contributed by atoms with van der Waals surface area (Å²) in [7, 11) is 1.60. The highest BCUT2D eigenvalue weighted by atomic mass is 16.5. The van der Waals surface area contributed by atoms with E-state index in [4.69, 9.17) is 9.72 Å². The average molecular weight is 407 g/mol. The van der Waals surface area contributed by atoms with Crippen molar-refractivity contribution in [3.8, 4) is 17.1 Å². The molecule has 0 bridgehead atoms. The van der Waals surface area contributed by atoms with Crippen molar-refractivity contribution in [3.63, 3.8) is 0 Å². The molecule has 1 aliphatic rings. The lowest BCUT2D eigenvalue weighted by molar-refractivity contribution is 0.168. The molecule has 0 unspecified atom stereocenters. The van der Waals surface area contributed by atoms with Gasteiger partial charge in [0.05, 0.1) is 31.1 Å². The molecule has 1 atom stereocenters. The molecule has 1 aromatic carbocycles. The molecular formula is C22H25N5O3. The second-order valence-corrected chi connectivity index (χ2v) is 7.99. The van der Waals surface area contributed by atoms with Crippen LogP contribution < -0.4 is 15.2 Å². The number of fused-ring (bicyclic) bond motifs is 1. The molecule has 156 valence electrons. The number of hydrogen-bond acceptors (Lipinski definition) is 7. The first-order valence-corrected chi connectivity index (χ1v) is 9.87. The van der Waals surface area contributed by atoms with E-state index in [1.807, 2.05) is 29.2 Å². The average Bonchev–Trinajstić information content (AvgIpc) is 2.76. The Kier molecular flexibility index (Phi) is 5.26. The van der Waals surface area contributed by atoms with Gasteiger partial charge in [-0.15, -0.1) is 0 Å². The molecule has 0 saturated heterocycles. The summed E-state index contributed by atoms with van der Waals surface area (Å²) in [5.74, 6) is 1.22. The standard InChI is InChI=1S/C22H25N5O3/c1-22(2)8-10-26-20(29)12-18(17-7-9-23-14-24-17)25-21(26)27(22)13-19(28)15-5-4-6-16(11-15)30-3/h4-7,9,11-12,14,19,28H,8,10,13H2,1-3H3/t19-/m0/s1. The molecule has 0 aliphatic carbocycles. The van der Waals surface area contributed by atoms with Crippen LogP contribution in [0.4, 0.5) is 5.95 Å². The summed E-state index contributed by atoms with van der Waals surface area (Å²) in [6.45, 7) is 5.06. The lowest BCUT2D eigenvalue weighted by atomic mass is 9.95. The molecule has 0 amide bonds. The van der Waals surface area contributed by atoms with Gasteiger partial charge in [-0.1, -0.05) is 12.1 Å². The molecule has 0 fully saturated rings. The van der Waals surface area contributed by atoms with E-state index in [-0.39, 0.29) is 11.1 Å². The van der Waals surface area contributed by atoms with Gasteiger partial charge in [0.15, 0.2) is 0 Å². The third-order valence-electron chi connectivity index (χ3n) is 5.59. The second-order valence-electron chi connectivity index (χ2n) is 7.99. The van der Waals surface area contributed by atoms with Crippen molar-refractivity contribution in [3.05, 3.63) is 64.8 Å². The number of rotatable bonds is 5. The number of benzene rings is 1. The predicted octanol–water partition coefficient (Wildman–Crippen LogP) is 2.43. The van der Waals surface area contributed by atoms with Crippen LogP contribution in [0.2, 0.25) is 0 Å². The summed E-state index contributed by atoms with van der Waals surface area (Å²) in [4.78, 5) is 27.8. The lowest BCUT2D eigenvalue weighted by Gasteiger charge is -2.45. The summed E-state index contributed by atoms with van der Waals surface area (Å²) >= 11 is 0. The van der Waals surface area contributed by atoms with Crippen molar-refractivity contribution in [2.45, 2.75) is 38.5 Å². The number of aliphatic hydroxyl groups is 1. The maximum atomic E-state index is 12.8. The van der Waals surface area contributed by atoms with Crippen LogP contribution in [0.3, 0.4) is 0 Å². The fourth-order valence-corrected chi connectivity index (χ4v) is 3.73. The summed E-state index contributed by atoms with van der Waals surface area (Å²) in [5, 5.41) is 11.0. The van der Waals surface area contributed by atoms with Crippen molar-refractivity contribution in [2.75, 3.05) is 18.6 Å². The van der Waals surface area contributed by atoms with Gasteiger partial charge in [0.2, 0.25) is 5.95 Å². The lowest BCUT2D eigenvalue weighted by Crippen LogP contribution is -2.53. The molecule has 0 spiro atoms. The minimum atomic E-state index is -0.773. The van der Waals surface area contributed by atoms with Crippen molar-refractivity contribution in [1.82, 2.24) is 19.5 Å². The van der Waals surface area contributed by atoms with Crippen LogP contribution in [0.15, 0.2) is 53.7 Å². The normalized spacial score (nSPS) is 16.1. The second kappa shape index (κ2) is 7.87. The van der Waals surface area contributed by atoms with E-state index in [9.17, 15) is 9.90 Å². The Balaban J connectivity index is 1.74. The van der Waals surface area contributed by atoms with Gasteiger partial charge in [-0.05, 0) is 44.0 Å². The van der Waals surface area contributed by atoms with Gasteiger partial charge < -0.3 is 14.7 Å². The first-order valence-electron chi connectivity index (χ1n) is 9.87. The molecule has 8 nitrogen and oxygen atoms in total. The Morgan fingerprint density at radius 1 is 1.23 bits per heavy atom. The molecule has 1 N–H and O–H groups in total. The molecule has 4 rings (SSSR count). The molecule has 2 aromatic heterocycles. The maximum Gasteiger partial charge on any atom is 0.255 e. The molecule has 1 aliphatic heterocycles. The monoisotopic (exact) mass is 407 g/mol. The van der Waals surface area contributed by atoms with Crippen molar-refractivity contribution >= 4 is 5.95 Å². The van der Waals surface area contributed by atoms with Gasteiger partial charge in [-0.3, -0.25) is 9.36 Å². The van der Waals surface area contributed by atoms with Crippen LogP contribution in [0, 0.1) is 0 Å². The van der Waals surface area contributed by atoms with Gasteiger partial charge in [-0.25, -0.2) is 15.0 Å². The Labute approximate surface area is 174 Å². The summed E-state index contributed by atoms with van der Waals surface area (Å²) in [6, 6.07) is 10.6. The van der Waals surface area contributed by atoms with Crippen LogP contribution in [-0.4, -0.2) is 43.8 Å². The minimum Gasteiger partial charge on any atom is -0.497 e. The first kappa shape index (κ1) is 20.0. The summed E-state index contributed by atoms with van der Waals surface area (Å²) in [6.07, 6.45) is 3.04. The van der Waals surface area contributed by atoms with Crippen LogP contribution in [-0.2, 0) is 6.54 Å². The van der Waals surface area contributed by atoms with E-state index in [1.54, 1.807) is 23.9 Å². The third kappa shape index (κ3) is 3.78. The SMILES string of the molecule is COc1cccc([C@@H](O)CN2c3nc(-c4ccncn4)cc(=O)n3CCC2(C)C)c1. The zero-order valence-electron chi connectivity index (χ0n) is 17.3. The molecule has 30 heavy (non-hydrogen) atoms. The van der Waals surface area contributed by atoms with Crippen molar-refractivity contribution in [2.24, 2.45) is 0 Å². The van der Waals surface area contributed by atoms with Crippen LogP contribution in [0.25, 0.3) is 11.4 Å². The van der Waals surface area contributed by atoms with E-state index in [1.165, 1.54) is 12.4 Å². The number of β-amino-alcohol motifs (C(OH)–C–C–N with tert-alkyl or cyclic N) is 1. The van der Waals surface area contributed by atoms with Crippen molar-refractivity contribution in [1.29, 1.82) is 0 Å². The molecule has 0 radical (unpaired) electrons. The van der Waals surface area contributed by atoms with Gasteiger partial charge >= 0.3 is 0 Å². The highest BCUT2D eigenvalue weighted by Crippen LogP contribution is 2.33. The number of methoxy groups -OCH3 is 1. The van der Waals surface area contributed by atoms with Gasteiger partial charge in [0.1, 0.15) is 12.1 Å². The zero-order chi connectivity index (χ0) is 21.3. The van der Waals surface area contributed by atoms with Crippen molar-refractivity contribution < 1.29 is 9.84 Å². The number of ether oxygens (including phenoxy) is 1. The van der Waals surface area contributed by atoms with E-state index in [2.05, 4.69) is 23.8 Å². The first-order chi connectivity index (χ1) is 14.4. The van der Waals surface area contributed by atoms with Gasteiger partial charge in [-0.2, -0.15) is 0 Å². The zero-order valence-corrected chi connectivity index (χ0v) is 17.3. The van der Waals surface area contributed by atoms with E-state index < -0.39 is 6.10 Å². The fraction of sp³-hybridized carbons (Fsp3) is 0.364.